The van der Waals surface area contributed by atoms with Crippen LogP contribution in [-0.2, 0) is 6.42 Å². The molecule has 0 fully saturated rings. The Bertz CT molecular complexity index is 326. The van der Waals surface area contributed by atoms with E-state index >= 15 is 0 Å². The highest BCUT2D eigenvalue weighted by Crippen LogP contribution is 2.22. The maximum absolute atomic E-state index is 3.39. The van der Waals surface area contributed by atoms with Crippen LogP contribution in [0.4, 0.5) is 5.69 Å². The molecule has 1 aliphatic rings. The molecule has 1 aliphatic carbocycles. The van der Waals surface area contributed by atoms with E-state index in [1.165, 1.54) is 23.2 Å². The lowest BCUT2D eigenvalue weighted by molar-refractivity contribution is 0.979. The third kappa shape index (κ3) is 1.74. The van der Waals surface area contributed by atoms with E-state index in [-0.39, 0.29) is 0 Å². The number of nitrogens with one attached hydrogen (secondary N) is 1. The summed E-state index contributed by atoms with van der Waals surface area (Å²) in [5.74, 6) is 0. The zero-order chi connectivity index (χ0) is 9.10. The second-order valence-corrected chi connectivity index (χ2v) is 3.45. The number of fused-ring (bicyclic) bond motifs is 1. The van der Waals surface area contributed by atoms with Gasteiger partial charge in [-0.05, 0) is 36.1 Å². The van der Waals surface area contributed by atoms with Gasteiger partial charge in [0, 0.05) is 12.2 Å². The zero-order valence-electron chi connectivity index (χ0n) is 8.01. The Kier molecular flexibility index (Phi) is 2.35. The predicted molar refractivity (Wildman–Crippen MR) is 58.0 cm³/mol. The summed E-state index contributed by atoms with van der Waals surface area (Å²) in [6, 6.07) is 6.61. The molecule has 1 heteroatoms. The number of anilines is 1. The van der Waals surface area contributed by atoms with Crippen LogP contribution in [0, 0.1) is 0 Å². The number of hydrogen-bond donors (Lipinski definition) is 1. The molecule has 13 heavy (non-hydrogen) atoms. The second kappa shape index (κ2) is 3.65. The second-order valence-electron chi connectivity index (χ2n) is 3.45. The van der Waals surface area contributed by atoms with Gasteiger partial charge in [-0.15, -0.1) is 0 Å². The van der Waals surface area contributed by atoms with Gasteiger partial charge < -0.3 is 5.32 Å². The van der Waals surface area contributed by atoms with Gasteiger partial charge in [0.1, 0.15) is 0 Å². The van der Waals surface area contributed by atoms with Gasteiger partial charge >= 0.3 is 0 Å². The summed E-state index contributed by atoms with van der Waals surface area (Å²) >= 11 is 0. The normalized spacial score (nSPS) is 13.0. The van der Waals surface area contributed by atoms with Gasteiger partial charge in [-0.2, -0.15) is 0 Å². The largest absolute Gasteiger partial charge is 0.385 e. The fourth-order valence-electron chi connectivity index (χ4n) is 1.63. The van der Waals surface area contributed by atoms with Crippen molar-refractivity contribution >= 4 is 11.8 Å². The van der Waals surface area contributed by atoms with Gasteiger partial charge in [0.25, 0.3) is 0 Å². The highest BCUT2D eigenvalue weighted by atomic mass is 14.9. The summed E-state index contributed by atoms with van der Waals surface area (Å²) in [5.41, 5.74) is 4.07. The molecule has 0 amide bonds. The molecule has 0 radical (unpaired) electrons. The van der Waals surface area contributed by atoms with Gasteiger partial charge in [-0.3, -0.25) is 0 Å². The van der Waals surface area contributed by atoms with Crippen molar-refractivity contribution in [3.8, 4) is 0 Å². The molecule has 0 bridgehead atoms. The van der Waals surface area contributed by atoms with Gasteiger partial charge in [0.15, 0.2) is 0 Å². The molecule has 1 aromatic rings. The number of hydrogen-bond acceptors (Lipinski definition) is 1. The zero-order valence-corrected chi connectivity index (χ0v) is 8.01. The highest BCUT2D eigenvalue weighted by molar-refractivity contribution is 5.65. The Morgan fingerprint density at radius 3 is 3.15 bits per heavy atom. The van der Waals surface area contributed by atoms with Crippen molar-refractivity contribution in [1.29, 1.82) is 0 Å². The minimum Gasteiger partial charge on any atom is -0.385 e. The van der Waals surface area contributed by atoms with Crippen LogP contribution in [0.3, 0.4) is 0 Å². The molecule has 1 nitrogen and oxygen atoms in total. The van der Waals surface area contributed by atoms with Crippen LogP contribution in [0.2, 0.25) is 0 Å². The number of allylic oxidation sites excluding steroid dienone is 1. The molecule has 68 valence electrons. The first kappa shape index (κ1) is 8.36. The number of benzene rings is 1. The third-order valence-electron chi connectivity index (χ3n) is 2.36. The Morgan fingerprint density at radius 2 is 2.31 bits per heavy atom. The summed E-state index contributed by atoms with van der Waals surface area (Å²) in [6.07, 6.45) is 6.69. The van der Waals surface area contributed by atoms with E-state index in [4.69, 9.17) is 0 Å². The van der Waals surface area contributed by atoms with Crippen LogP contribution < -0.4 is 5.32 Å². The lowest BCUT2D eigenvalue weighted by atomic mass is 10.1. The predicted octanol–water partition coefficient (Wildman–Crippen LogP) is 3.08. The molecular weight excluding hydrogens is 158 g/mol. The molecular formula is C12H15N. The van der Waals surface area contributed by atoms with Gasteiger partial charge in [0.05, 0.1) is 0 Å². The molecule has 0 saturated heterocycles. The number of rotatable bonds is 3. The van der Waals surface area contributed by atoms with Crippen molar-refractivity contribution < 1.29 is 0 Å². The van der Waals surface area contributed by atoms with Crippen LogP contribution >= 0.6 is 0 Å². The van der Waals surface area contributed by atoms with Crippen LogP contribution in [0.5, 0.6) is 0 Å². The summed E-state index contributed by atoms with van der Waals surface area (Å²) in [4.78, 5) is 0. The van der Waals surface area contributed by atoms with E-state index < -0.39 is 0 Å². The molecule has 0 aromatic heterocycles. The van der Waals surface area contributed by atoms with Crippen LogP contribution in [0.15, 0.2) is 24.3 Å². The Morgan fingerprint density at radius 1 is 1.38 bits per heavy atom. The van der Waals surface area contributed by atoms with Crippen LogP contribution in [0.25, 0.3) is 6.08 Å². The molecule has 1 aromatic carbocycles. The molecule has 0 aliphatic heterocycles. The quantitative estimate of drug-likeness (QED) is 0.740. The van der Waals surface area contributed by atoms with Crippen LogP contribution in [0.1, 0.15) is 24.5 Å². The summed E-state index contributed by atoms with van der Waals surface area (Å²) < 4.78 is 0. The Labute approximate surface area is 79.5 Å². The van der Waals surface area contributed by atoms with Crippen molar-refractivity contribution in [3.05, 3.63) is 35.4 Å². The first-order valence-corrected chi connectivity index (χ1v) is 4.93. The van der Waals surface area contributed by atoms with E-state index in [1.807, 2.05) is 0 Å². The van der Waals surface area contributed by atoms with E-state index in [1.54, 1.807) is 0 Å². The fraction of sp³-hybridized carbons (Fsp3) is 0.333. The molecule has 0 spiro atoms. The third-order valence-corrected chi connectivity index (χ3v) is 2.36. The lowest BCUT2D eigenvalue weighted by Crippen LogP contribution is -1.99. The minimum atomic E-state index is 1.06. The van der Waals surface area contributed by atoms with Crippen molar-refractivity contribution in [2.75, 3.05) is 11.9 Å². The molecule has 0 heterocycles. The maximum atomic E-state index is 3.39. The Balaban J connectivity index is 2.15. The minimum absolute atomic E-state index is 1.06. The van der Waals surface area contributed by atoms with Crippen molar-refractivity contribution in [2.45, 2.75) is 19.8 Å². The van der Waals surface area contributed by atoms with E-state index in [0.717, 1.165) is 13.0 Å². The van der Waals surface area contributed by atoms with Gasteiger partial charge in [-0.25, -0.2) is 0 Å². The topological polar surface area (TPSA) is 12.0 Å². The summed E-state index contributed by atoms with van der Waals surface area (Å²) in [5, 5.41) is 3.39. The van der Waals surface area contributed by atoms with Crippen molar-refractivity contribution in [1.82, 2.24) is 0 Å². The highest BCUT2D eigenvalue weighted by Gasteiger charge is 2.04. The Hall–Kier alpha value is -1.24. The smallest absolute Gasteiger partial charge is 0.0346 e. The van der Waals surface area contributed by atoms with E-state index in [9.17, 15) is 0 Å². The summed E-state index contributed by atoms with van der Waals surface area (Å²) in [6.45, 7) is 3.24. The lowest BCUT2D eigenvalue weighted by Gasteiger charge is -2.06. The van der Waals surface area contributed by atoms with Gasteiger partial charge in [-0.1, -0.05) is 25.1 Å². The average Bonchev–Trinajstić information content (AvgIpc) is 2.61. The van der Waals surface area contributed by atoms with Crippen molar-refractivity contribution in [3.63, 3.8) is 0 Å². The molecule has 0 unspecified atom stereocenters. The average molecular weight is 173 g/mol. The van der Waals surface area contributed by atoms with E-state index in [2.05, 4.69) is 42.6 Å². The summed E-state index contributed by atoms with van der Waals surface area (Å²) in [7, 11) is 0. The van der Waals surface area contributed by atoms with E-state index in [0.29, 0.717) is 0 Å². The fourth-order valence-corrected chi connectivity index (χ4v) is 1.63. The first-order chi connectivity index (χ1) is 6.40. The molecule has 0 atom stereocenters. The van der Waals surface area contributed by atoms with Crippen LogP contribution in [-0.4, -0.2) is 6.54 Å². The SMILES string of the molecule is CCCNc1ccc2c(c1)C=CC2. The molecule has 2 rings (SSSR count). The van der Waals surface area contributed by atoms with Crippen molar-refractivity contribution in [2.24, 2.45) is 0 Å². The maximum Gasteiger partial charge on any atom is 0.0346 e. The first-order valence-electron chi connectivity index (χ1n) is 4.93. The standard InChI is InChI=1S/C12H15N/c1-2-8-13-12-7-6-10-4-3-5-11(10)9-12/h3,5-7,9,13H,2,4,8H2,1H3. The molecule has 1 N–H and O–H groups in total. The molecule has 0 saturated carbocycles. The van der Waals surface area contributed by atoms with Gasteiger partial charge in [0.2, 0.25) is 0 Å². The monoisotopic (exact) mass is 173 g/mol.